The smallest absolute Gasteiger partial charge is 0.261 e. The number of hydrogen-bond acceptors (Lipinski definition) is 3. The standard InChI is InChI=1S/C25H34N2O2/c1-19(2)23-12-5-6-13-24(23)29-20(3)25(28)26-17-21-10-9-11-22(16-21)18-27-14-7-4-8-15-27/h5-6,9-13,16,19-20H,4,7-8,14-15,17-18H2,1-3H3,(H,26,28)/t20-/m1/s1. The Balaban J connectivity index is 1.53. The Morgan fingerprint density at radius 3 is 2.48 bits per heavy atom. The number of ether oxygens (including phenoxy) is 1. The molecule has 2 aromatic rings. The molecule has 1 fully saturated rings. The molecule has 0 bridgehead atoms. The lowest BCUT2D eigenvalue weighted by molar-refractivity contribution is -0.127. The fourth-order valence-electron chi connectivity index (χ4n) is 3.86. The molecule has 1 aliphatic rings. The Morgan fingerprint density at radius 2 is 1.72 bits per heavy atom. The molecule has 4 heteroatoms. The van der Waals surface area contributed by atoms with Crippen molar-refractivity contribution in [3.05, 3.63) is 65.2 Å². The van der Waals surface area contributed by atoms with Gasteiger partial charge in [-0.05, 0) is 61.5 Å². The third-order valence-electron chi connectivity index (χ3n) is 5.53. The molecule has 1 heterocycles. The van der Waals surface area contributed by atoms with Crippen LogP contribution in [0.4, 0.5) is 0 Å². The molecular weight excluding hydrogens is 360 g/mol. The lowest BCUT2D eigenvalue weighted by atomic mass is 10.0. The first kappa shape index (κ1) is 21.4. The Hall–Kier alpha value is -2.33. The van der Waals surface area contributed by atoms with Crippen LogP contribution in [0.3, 0.4) is 0 Å². The van der Waals surface area contributed by atoms with Gasteiger partial charge in [-0.2, -0.15) is 0 Å². The minimum atomic E-state index is -0.536. The number of carbonyl (C=O) groups is 1. The summed E-state index contributed by atoms with van der Waals surface area (Å²) < 4.78 is 5.96. The molecule has 0 spiro atoms. The summed E-state index contributed by atoms with van der Waals surface area (Å²) in [6.45, 7) is 9.95. The van der Waals surface area contributed by atoms with Crippen LogP contribution in [0.25, 0.3) is 0 Å². The van der Waals surface area contributed by atoms with Gasteiger partial charge >= 0.3 is 0 Å². The van der Waals surface area contributed by atoms with Crippen LogP contribution in [-0.2, 0) is 17.9 Å². The summed E-state index contributed by atoms with van der Waals surface area (Å²) in [5.74, 6) is 1.04. The van der Waals surface area contributed by atoms with E-state index in [4.69, 9.17) is 4.74 Å². The second-order valence-corrected chi connectivity index (χ2v) is 8.33. The number of nitrogens with zero attached hydrogens (tertiary/aromatic N) is 1. The molecule has 1 saturated heterocycles. The van der Waals surface area contributed by atoms with Gasteiger partial charge in [0.25, 0.3) is 5.91 Å². The first-order valence-corrected chi connectivity index (χ1v) is 10.9. The highest BCUT2D eigenvalue weighted by Crippen LogP contribution is 2.26. The van der Waals surface area contributed by atoms with E-state index in [2.05, 4.69) is 54.4 Å². The van der Waals surface area contributed by atoms with Crippen molar-refractivity contribution in [1.29, 1.82) is 0 Å². The highest BCUT2D eigenvalue weighted by atomic mass is 16.5. The highest BCUT2D eigenvalue weighted by molar-refractivity contribution is 5.80. The first-order chi connectivity index (χ1) is 14.0. The Labute approximate surface area is 175 Å². The van der Waals surface area contributed by atoms with Gasteiger partial charge in [0.05, 0.1) is 0 Å². The average molecular weight is 395 g/mol. The molecule has 0 aliphatic carbocycles. The molecule has 1 amide bonds. The number of likely N-dealkylation sites (tertiary alicyclic amines) is 1. The molecule has 0 aromatic heterocycles. The maximum Gasteiger partial charge on any atom is 0.261 e. The molecule has 0 unspecified atom stereocenters. The molecule has 29 heavy (non-hydrogen) atoms. The zero-order valence-electron chi connectivity index (χ0n) is 18.0. The van der Waals surface area contributed by atoms with Crippen LogP contribution in [0.5, 0.6) is 5.75 Å². The van der Waals surface area contributed by atoms with Gasteiger partial charge in [0.15, 0.2) is 6.10 Å². The highest BCUT2D eigenvalue weighted by Gasteiger charge is 2.17. The Kier molecular flexibility index (Phi) is 7.70. The van der Waals surface area contributed by atoms with E-state index in [1.807, 2.05) is 18.2 Å². The van der Waals surface area contributed by atoms with Crippen LogP contribution in [0.15, 0.2) is 48.5 Å². The molecular formula is C25H34N2O2. The third-order valence-corrected chi connectivity index (χ3v) is 5.53. The van der Waals surface area contributed by atoms with Crippen molar-refractivity contribution < 1.29 is 9.53 Å². The Bertz CT molecular complexity index is 797. The molecule has 2 aromatic carbocycles. The molecule has 1 atom stereocenters. The van der Waals surface area contributed by atoms with Gasteiger partial charge in [0, 0.05) is 13.1 Å². The number of para-hydroxylation sites is 1. The van der Waals surface area contributed by atoms with Crippen molar-refractivity contribution in [1.82, 2.24) is 10.2 Å². The predicted octanol–water partition coefficient (Wildman–Crippen LogP) is 4.88. The van der Waals surface area contributed by atoms with E-state index < -0.39 is 6.10 Å². The maximum absolute atomic E-state index is 12.6. The van der Waals surface area contributed by atoms with Crippen LogP contribution >= 0.6 is 0 Å². The molecule has 1 aliphatic heterocycles. The molecule has 4 nitrogen and oxygen atoms in total. The largest absolute Gasteiger partial charge is 0.481 e. The zero-order chi connectivity index (χ0) is 20.6. The van der Waals surface area contributed by atoms with E-state index in [0.29, 0.717) is 12.5 Å². The average Bonchev–Trinajstić information content (AvgIpc) is 2.73. The summed E-state index contributed by atoms with van der Waals surface area (Å²) in [5, 5.41) is 3.02. The summed E-state index contributed by atoms with van der Waals surface area (Å²) in [5.41, 5.74) is 3.56. The van der Waals surface area contributed by atoms with Gasteiger partial charge in [0.2, 0.25) is 0 Å². The molecule has 156 valence electrons. The summed E-state index contributed by atoms with van der Waals surface area (Å²) in [7, 11) is 0. The van der Waals surface area contributed by atoms with Gasteiger partial charge in [0.1, 0.15) is 5.75 Å². The van der Waals surface area contributed by atoms with Crippen molar-refractivity contribution in [2.45, 2.75) is 65.1 Å². The zero-order valence-corrected chi connectivity index (χ0v) is 18.0. The second-order valence-electron chi connectivity index (χ2n) is 8.33. The quantitative estimate of drug-likeness (QED) is 0.694. The third kappa shape index (κ3) is 6.33. The van der Waals surface area contributed by atoms with E-state index in [-0.39, 0.29) is 5.91 Å². The van der Waals surface area contributed by atoms with E-state index in [1.54, 1.807) is 6.92 Å². The van der Waals surface area contributed by atoms with Crippen molar-refractivity contribution in [2.24, 2.45) is 0 Å². The summed E-state index contributed by atoms with van der Waals surface area (Å²) in [6.07, 6.45) is 3.41. The van der Waals surface area contributed by atoms with Crippen LogP contribution in [0, 0.1) is 0 Å². The van der Waals surface area contributed by atoms with Crippen molar-refractivity contribution in [3.8, 4) is 5.75 Å². The number of amides is 1. The number of nitrogens with one attached hydrogen (secondary N) is 1. The van der Waals surface area contributed by atoms with E-state index in [9.17, 15) is 4.79 Å². The minimum Gasteiger partial charge on any atom is -0.481 e. The number of carbonyl (C=O) groups excluding carboxylic acids is 1. The fraction of sp³-hybridized carbons (Fsp3) is 0.480. The lowest BCUT2D eigenvalue weighted by Crippen LogP contribution is -2.36. The normalized spacial score (nSPS) is 15.9. The maximum atomic E-state index is 12.6. The number of rotatable bonds is 8. The fourth-order valence-corrected chi connectivity index (χ4v) is 3.86. The van der Waals surface area contributed by atoms with Gasteiger partial charge in [-0.3, -0.25) is 9.69 Å². The topological polar surface area (TPSA) is 41.6 Å². The van der Waals surface area contributed by atoms with Crippen LogP contribution < -0.4 is 10.1 Å². The molecule has 0 saturated carbocycles. The SMILES string of the molecule is CC(C)c1ccccc1O[C@H](C)C(=O)NCc1cccc(CN2CCCCC2)c1. The number of benzene rings is 2. The van der Waals surface area contributed by atoms with Crippen molar-refractivity contribution in [2.75, 3.05) is 13.1 Å². The minimum absolute atomic E-state index is 0.0926. The second kappa shape index (κ2) is 10.4. The van der Waals surface area contributed by atoms with Crippen molar-refractivity contribution in [3.63, 3.8) is 0 Å². The first-order valence-electron chi connectivity index (χ1n) is 10.9. The van der Waals surface area contributed by atoms with E-state index in [1.165, 1.54) is 37.9 Å². The molecule has 1 N–H and O–H groups in total. The van der Waals surface area contributed by atoms with Gasteiger partial charge in [-0.25, -0.2) is 0 Å². The lowest BCUT2D eigenvalue weighted by Gasteiger charge is -2.26. The summed E-state index contributed by atoms with van der Waals surface area (Å²) in [4.78, 5) is 15.1. The van der Waals surface area contributed by atoms with Crippen LogP contribution in [-0.4, -0.2) is 30.0 Å². The van der Waals surface area contributed by atoms with Crippen LogP contribution in [0.1, 0.15) is 62.6 Å². The predicted molar refractivity (Wildman–Crippen MR) is 118 cm³/mol. The van der Waals surface area contributed by atoms with E-state index >= 15 is 0 Å². The van der Waals surface area contributed by atoms with Gasteiger partial charge < -0.3 is 10.1 Å². The summed E-state index contributed by atoms with van der Waals surface area (Å²) >= 11 is 0. The number of hydrogen-bond donors (Lipinski definition) is 1. The monoisotopic (exact) mass is 394 g/mol. The van der Waals surface area contributed by atoms with Crippen LogP contribution in [0.2, 0.25) is 0 Å². The van der Waals surface area contributed by atoms with Gasteiger partial charge in [-0.15, -0.1) is 0 Å². The Morgan fingerprint density at radius 1 is 1.00 bits per heavy atom. The number of piperidine rings is 1. The van der Waals surface area contributed by atoms with Gasteiger partial charge in [-0.1, -0.05) is 62.7 Å². The summed E-state index contributed by atoms with van der Waals surface area (Å²) in [6, 6.07) is 16.5. The van der Waals surface area contributed by atoms with E-state index in [0.717, 1.165) is 23.4 Å². The molecule has 0 radical (unpaired) electrons. The van der Waals surface area contributed by atoms with Crippen molar-refractivity contribution >= 4 is 5.91 Å². The molecule has 3 rings (SSSR count).